The normalized spacial score (nSPS) is 12.0. The van der Waals surface area contributed by atoms with Crippen molar-refractivity contribution in [2.24, 2.45) is 12.1 Å². The Morgan fingerprint density at radius 1 is 1.34 bits per heavy atom. The number of hydrazone groups is 1. The lowest BCUT2D eigenvalue weighted by Gasteiger charge is -2.15. The number of thioether (sulfide) groups is 1. The summed E-state index contributed by atoms with van der Waals surface area (Å²) in [5.41, 5.74) is 4.15. The lowest BCUT2D eigenvalue weighted by molar-refractivity contribution is -0.118. The van der Waals surface area contributed by atoms with E-state index in [4.69, 9.17) is 16.3 Å². The molecule has 11 heteroatoms. The third kappa shape index (κ3) is 6.47. The highest BCUT2D eigenvalue weighted by atomic mass is 79.9. The largest absolute Gasteiger partial charge is 0.496 e. The SMILES string of the molecule is COc1ccc(Br)cc1/C=N\NC(=O)CSc1nnc([C@H](C)Nc2cccc(Cl)c2)n1C. The predicted molar refractivity (Wildman–Crippen MR) is 132 cm³/mol. The van der Waals surface area contributed by atoms with Gasteiger partial charge in [-0.1, -0.05) is 45.4 Å². The molecule has 168 valence electrons. The number of hydrogen-bond acceptors (Lipinski definition) is 7. The van der Waals surface area contributed by atoms with Gasteiger partial charge in [0.15, 0.2) is 11.0 Å². The zero-order valence-electron chi connectivity index (χ0n) is 17.7. The standard InChI is InChI=1S/C21H22BrClN6O2S/c1-13(25-17-6-4-5-16(23)10-17)20-27-28-21(29(20)2)32-12-19(30)26-24-11-14-9-15(22)7-8-18(14)31-3/h4-11,13,25H,12H2,1-3H3,(H,26,30)/b24-11-/t13-/m0/s1. The number of halogens is 2. The van der Waals surface area contributed by atoms with Crippen molar-refractivity contribution in [1.29, 1.82) is 0 Å². The molecule has 0 saturated carbocycles. The Morgan fingerprint density at radius 3 is 2.91 bits per heavy atom. The first-order valence-corrected chi connectivity index (χ1v) is 11.7. The molecule has 32 heavy (non-hydrogen) atoms. The van der Waals surface area contributed by atoms with Gasteiger partial charge in [0.2, 0.25) is 0 Å². The van der Waals surface area contributed by atoms with Crippen LogP contribution in [0.3, 0.4) is 0 Å². The molecule has 3 rings (SSSR count). The number of benzene rings is 2. The number of nitrogens with zero attached hydrogens (tertiary/aromatic N) is 4. The van der Waals surface area contributed by atoms with E-state index in [9.17, 15) is 4.79 Å². The second kappa shape index (κ2) is 11.3. The third-order valence-corrected chi connectivity index (χ3v) is 6.13. The summed E-state index contributed by atoms with van der Waals surface area (Å²) in [6.45, 7) is 1.98. The number of methoxy groups -OCH3 is 1. The quantitative estimate of drug-likeness (QED) is 0.234. The van der Waals surface area contributed by atoms with Crippen LogP contribution in [-0.2, 0) is 11.8 Å². The summed E-state index contributed by atoms with van der Waals surface area (Å²) < 4.78 is 8.03. The molecule has 2 aromatic carbocycles. The number of aromatic nitrogens is 3. The fourth-order valence-electron chi connectivity index (χ4n) is 2.86. The summed E-state index contributed by atoms with van der Waals surface area (Å²) >= 11 is 10.7. The number of carbonyl (C=O) groups excluding carboxylic acids is 1. The van der Waals surface area contributed by atoms with Crippen molar-refractivity contribution in [3.8, 4) is 5.75 Å². The molecular weight excluding hydrogens is 516 g/mol. The Bertz CT molecular complexity index is 1120. The minimum atomic E-state index is -0.255. The van der Waals surface area contributed by atoms with Gasteiger partial charge in [-0.25, -0.2) is 5.43 Å². The van der Waals surface area contributed by atoms with Gasteiger partial charge < -0.3 is 14.6 Å². The lowest BCUT2D eigenvalue weighted by Crippen LogP contribution is -2.20. The fraction of sp³-hybridized carbons (Fsp3) is 0.238. The number of ether oxygens (including phenoxy) is 1. The zero-order chi connectivity index (χ0) is 23.1. The van der Waals surface area contributed by atoms with Crippen molar-refractivity contribution in [2.75, 3.05) is 18.2 Å². The average molecular weight is 538 g/mol. The smallest absolute Gasteiger partial charge is 0.250 e. The van der Waals surface area contributed by atoms with Crippen LogP contribution < -0.4 is 15.5 Å². The van der Waals surface area contributed by atoms with Crippen molar-refractivity contribution >= 4 is 57.1 Å². The van der Waals surface area contributed by atoms with Gasteiger partial charge in [-0.05, 0) is 43.3 Å². The van der Waals surface area contributed by atoms with E-state index in [0.29, 0.717) is 15.9 Å². The highest BCUT2D eigenvalue weighted by molar-refractivity contribution is 9.10. The van der Waals surface area contributed by atoms with Crippen LogP contribution in [0.5, 0.6) is 5.75 Å². The van der Waals surface area contributed by atoms with Crippen molar-refractivity contribution in [2.45, 2.75) is 18.1 Å². The molecule has 0 bridgehead atoms. The minimum Gasteiger partial charge on any atom is -0.496 e. The molecule has 0 aliphatic rings. The first-order valence-electron chi connectivity index (χ1n) is 9.57. The number of carbonyl (C=O) groups is 1. The molecule has 0 fully saturated rings. The van der Waals surface area contributed by atoms with Crippen LogP contribution in [0.1, 0.15) is 24.4 Å². The fourth-order valence-corrected chi connectivity index (χ4v) is 4.14. The van der Waals surface area contributed by atoms with Crippen LogP contribution in [0.15, 0.2) is 57.2 Å². The van der Waals surface area contributed by atoms with E-state index in [-0.39, 0.29) is 17.7 Å². The zero-order valence-corrected chi connectivity index (χ0v) is 20.8. The Kier molecular flexibility index (Phi) is 8.54. The first kappa shape index (κ1) is 24.1. The summed E-state index contributed by atoms with van der Waals surface area (Å²) in [7, 11) is 3.44. The Balaban J connectivity index is 1.54. The maximum absolute atomic E-state index is 12.2. The summed E-state index contributed by atoms with van der Waals surface area (Å²) in [5, 5.41) is 17.1. The van der Waals surface area contributed by atoms with Crippen molar-refractivity contribution in [3.05, 3.63) is 63.3 Å². The van der Waals surface area contributed by atoms with E-state index < -0.39 is 0 Å². The Morgan fingerprint density at radius 2 is 2.16 bits per heavy atom. The second-order valence-corrected chi connectivity index (χ2v) is 9.04. The number of nitrogens with one attached hydrogen (secondary N) is 2. The van der Waals surface area contributed by atoms with Gasteiger partial charge in [0.1, 0.15) is 5.75 Å². The molecule has 1 aromatic heterocycles. The van der Waals surface area contributed by atoms with E-state index in [0.717, 1.165) is 21.5 Å². The molecule has 0 aliphatic carbocycles. The van der Waals surface area contributed by atoms with E-state index in [1.54, 1.807) is 7.11 Å². The number of rotatable bonds is 9. The molecule has 2 N–H and O–H groups in total. The van der Waals surface area contributed by atoms with Crippen LogP contribution in [0.4, 0.5) is 5.69 Å². The van der Waals surface area contributed by atoms with Gasteiger partial charge >= 0.3 is 0 Å². The topological polar surface area (TPSA) is 93.4 Å². The molecular formula is C21H22BrClN6O2S. The van der Waals surface area contributed by atoms with Crippen LogP contribution >= 0.6 is 39.3 Å². The molecule has 0 radical (unpaired) electrons. The van der Waals surface area contributed by atoms with Crippen molar-refractivity contribution < 1.29 is 9.53 Å². The summed E-state index contributed by atoms with van der Waals surface area (Å²) in [6, 6.07) is 12.9. The third-order valence-electron chi connectivity index (χ3n) is 4.38. The molecule has 0 unspecified atom stereocenters. The van der Waals surface area contributed by atoms with Crippen LogP contribution in [0.2, 0.25) is 5.02 Å². The highest BCUT2D eigenvalue weighted by Gasteiger charge is 2.16. The lowest BCUT2D eigenvalue weighted by atomic mass is 10.2. The van der Waals surface area contributed by atoms with Gasteiger partial charge in [0, 0.05) is 27.8 Å². The molecule has 1 amide bonds. The van der Waals surface area contributed by atoms with E-state index in [1.165, 1.54) is 18.0 Å². The van der Waals surface area contributed by atoms with Crippen LogP contribution in [0, 0.1) is 0 Å². The number of amides is 1. The van der Waals surface area contributed by atoms with Gasteiger partial charge in [0.25, 0.3) is 5.91 Å². The summed E-state index contributed by atoms with van der Waals surface area (Å²) in [6.07, 6.45) is 1.54. The summed E-state index contributed by atoms with van der Waals surface area (Å²) in [5.74, 6) is 1.30. The van der Waals surface area contributed by atoms with Gasteiger partial charge in [-0.15, -0.1) is 10.2 Å². The molecule has 0 spiro atoms. The second-order valence-electron chi connectivity index (χ2n) is 6.74. The monoisotopic (exact) mass is 536 g/mol. The van der Waals surface area contributed by atoms with E-state index in [1.807, 2.05) is 61.0 Å². The average Bonchev–Trinajstić information content (AvgIpc) is 3.13. The molecule has 0 saturated heterocycles. The number of anilines is 1. The van der Waals surface area contributed by atoms with Crippen LogP contribution in [0.25, 0.3) is 0 Å². The van der Waals surface area contributed by atoms with Crippen molar-refractivity contribution in [1.82, 2.24) is 20.2 Å². The molecule has 0 aliphatic heterocycles. The Labute approximate surface area is 203 Å². The highest BCUT2D eigenvalue weighted by Crippen LogP contribution is 2.24. The van der Waals surface area contributed by atoms with Gasteiger partial charge in [-0.3, -0.25) is 4.79 Å². The molecule has 1 heterocycles. The summed E-state index contributed by atoms with van der Waals surface area (Å²) in [4.78, 5) is 12.2. The van der Waals surface area contributed by atoms with Gasteiger partial charge in [-0.2, -0.15) is 5.10 Å². The Hall–Kier alpha value is -2.56. The van der Waals surface area contributed by atoms with Crippen molar-refractivity contribution in [3.63, 3.8) is 0 Å². The maximum Gasteiger partial charge on any atom is 0.250 e. The van der Waals surface area contributed by atoms with E-state index >= 15 is 0 Å². The van der Waals surface area contributed by atoms with E-state index in [2.05, 4.69) is 42.0 Å². The first-order chi connectivity index (χ1) is 15.4. The number of hydrogen-bond donors (Lipinski definition) is 2. The maximum atomic E-state index is 12.2. The van der Waals surface area contributed by atoms with Crippen LogP contribution in [-0.4, -0.2) is 39.7 Å². The molecule has 1 atom stereocenters. The van der Waals surface area contributed by atoms with Gasteiger partial charge in [0.05, 0.1) is 25.1 Å². The predicted octanol–water partition coefficient (Wildman–Crippen LogP) is 4.66. The molecule has 3 aromatic rings. The molecule has 8 nitrogen and oxygen atoms in total. The minimum absolute atomic E-state index is 0.0982.